The molecule has 6 heteroatoms. The summed E-state index contributed by atoms with van der Waals surface area (Å²) in [5.41, 5.74) is 1.71. The molecule has 5 N–H and O–H groups in total. The number of ether oxygens (including phenoxy) is 1. The molecule has 0 radical (unpaired) electrons. The van der Waals surface area contributed by atoms with Crippen LogP contribution in [0, 0.1) is 0 Å². The maximum Gasteiger partial charge on any atom is 0.157 e. The molecular formula is C23H21NO5. The molecule has 0 saturated carbocycles. The Balaban J connectivity index is 1.58. The van der Waals surface area contributed by atoms with E-state index in [9.17, 15) is 20.4 Å². The topological polar surface area (TPSA) is 102 Å². The fourth-order valence-electron chi connectivity index (χ4n) is 4.45. The lowest BCUT2D eigenvalue weighted by molar-refractivity contribution is -0.0219. The minimum atomic E-state index is -1.17. The summed E-state index contributed by atoms with van der Waals surface area (Å²) in [6.07, 6.45) is 11.8. The van der Waals surface area contributed by atoms with Crippen molar-refractivity contribution in [1.82, 2.24) is 5.32 Å². The molecule has 0 aromatic heterocycles. The van der Waals surface area contributed by atoms with E-state index in [0.29, 0.717) is 17.7 Å². The zero-order valence-electron chi connectivity index (χ0n) is 15.5. The first-order chi connectivity index (χ1) is 13.9. The maximum absolute atomic E-state index is 11.3. The maximum atomic E-state index is 11.3. The van der Waals surface area contributed by atoms with Crippen LogP contribution in [0.4, 0.5) is 0 Å². The second-order valence-corrected chi connectivity index (χ2v) is 7.79. The normalized spacial score (nSPS) is 26.5. The van der Waals surface area contributed by atoms with Crippen molar-refractivity contribution < 1.29 is 25.2 Å². The Hall–Kier alpha value is -3.38. The van der Waals surface area contributed by atoms with E-state index >= 15 is 0 Å². The molecule has 0 saturated heterocycles. The van der Waals surface area contributed by atoms with Gasteiger partial charge in [-0.2, -0.15) is 0 Å². The Morgan fingerprint density at radius 3 is 2.62 bits per heavy atom. The van der Waals surface area contributed by atoms with Crippen LogP contribution in [0.2, 0.25) is 0 Å². The van der Waals surface area contributed by atoms with Gasteiger partial charge in [0.15, 0.2) is 11.5 Å². The molecule has 0 fully saturated rings. The third kappa shape index (κ3) is 2.84. The molecule has 29 heavy (non-hydrogen) atoms. The van der Waals surface area contributed by atoms with Crippen molar-refractivity contribution >= 4 is 6.08 Å². The number of aromatic hydroxyl groups is 3. The van der Waals surface area contributed by atoms with Gasteiger partial charge in [-0.25, -0.2) is 0 Å². The number of nitrogens with one attached hydrogen (secondary N) is 1. The number of fused-ring (bicyclic) bond motifs is 5. The molecule has 2 aliphatic heterocycles. The number of dihydropyridines is 1. The molecule has 2 heterocycles. The minimum absolute atomic E-state index is 0.0238. The summed E-state index contributed by atoms with van der Waals surface area (Å²) in [5.74, 6) is -0.247. The number of phenols is 3. The third-order valence-electron chi connectivity index (χ3n) is 5.83. The number of aliphatic hydroxyl groups is 1. The van der Waals surface area contributed by atoms with Crippen LogP contribution < -0.4 is 10.1 Å². The second kappa shape index (κ2) is 6.32. The molecule has 6 nitrogen and oxygen atoms in total. The summed E-state index contributed by atoms with van der Waals surface area (Å²) < 4.78 is 5.77. The first-order valence-corrected chi connectivity index (χ1v) is 9.49. The summed E-state index contributed by atoms with van der Waals surface area (Å²) in [7, 11) is 0. The minimum Gasteiger partial charge on any atom is -0.507 e. The molecule has 2 unspecified atom stereocenters. The van der Waals surface area contributed by atoms with Gasteiger partial charge < -0.3 is 30.5 Å². The van der Waals surface area contributed by atoms with Crippen molar-refractivity contribution in [3.05, 3.63) is 77.0 Å². The fraction of sp³-hybridized carbons (Fsp3) is 0.217. The van der Waals surface area contributed by atoms with E-state index in [2.05, 4.69) is 5.32 Å². The van der Waals surface area contributed by atoms with Gasteiger partial charge >= 0.3 is 0 Å². The van der Waals surface area contributed by atoms with E-state index in [1.807, 2.05) is 42.6 Å². The van der Waals surface area contributed by atoms with Crippen LogP contribution in [0.5, 0.6) is 23.0 Å². The molecule has 1 aliphatic carbocycles. The molecule has 2 aromatic rings. The molecule has 0 bridgehead atoms. The van der Waals surface area contributed by atoms with E-state index in [0.717, 1.165) is 16.7 Å². The smallest absolute Gasteiger partial charge is 0.157 e. The number of allylic oxidation sites excluding steroid dienone is 2. The van der Waals surface area contributed by atoms with Gasteiger partial charge in [0.2, 0.25) is 0 Å². The summed E-state index contributed by atoms with van der Waals surface area (Å²) in [4.78, 5) is 0. The van der Waals surface area contributed by atoms with Gasteiger partial charge in [-0.3, -0.25) is 0 Å². The van der Waals surface area contributed by atoms with Crippen LogP contribution in [0.3, 0.4) is 0 Å². The fourth-order valence-corrected chi connectivity index (χ4v) is 4.45. The average Bonchev–Trinajstić information content (AvgIpc) is 2.99. The van der Waals surface area contributed by atoms with Crippen molar-refractivity contribution in [3.8, 4) is 23.0 Å². The Morgan fingerprint density at radius 1 is 1.00 bits per heavy atom. The van der Waals surface area contributed by atoms with E-state index in [4.69, 9.17) is 4.74 Å². The van der Waals surface area contributed by atoms with Crippen molar-refractivity contribution in [3.63, 3.8) is 0 Å². The molecule has 3 aliphatic rings. The number of phenolic OH excluding ortho intramolecular Hbond substituents is 3. The van der Waals surface area contributed by atoms with Crippen LogP contribution in [0.1, 0.15) is 28.2 Å². The largest absolute Gasteiger partial charge is 0.507 e. The summed E-state index contributed by atoms with van der Waals surface area (Å²) in [6, 6.07) is 6.41. The van der Waals surface area contributed by atoms with E-state index in [1.54, 1.807) is 6.07 Å². The first-order valence-electron chi connectivity index (χ1n) is 9.49. The molecule has 0 amide bonds. The lowest BCUT2D eigenvalue weighted by atomic mass is 9.80. The van der Waals surface area contributed by atoms with Gasteiger partial charge in [-0.1, -0.05) is 24.3 Å². The molecule has 0 spiro atoms. The van der Waals surface area contributed by atoms with Crippen molar-refractivity contribution in [2.45, 2.75) is 24.0 Å². The highest BCUT2D eigenvalue weighted by Crippen LogP contribution is 2.53. The predicted molar refractivity (Wildman–Crippen MR) is 108 cm³/mol. The van der Waals surface area contributed by atoms with Gasteiger partial charge in [0.05, 0.1) is 6.04 Å². The zero-order chi connectivity index (χ0) is 20.2. The molecule has 5 rings (SSSR count). The molecule has 2 aromatic carbocycles. The summed E-state index contributed by atoms with van der Waals surface area (Å²) >= 11 is 0. The Morgan fingerprint density at radius 2 is 1.83 bits per heavy atom. The molecular weight excluding hydrogens is 370 g/mol. The van der Waals surface area contributed by atoms with Crippen LogP contribution >= 0.6 is 0 Å². The standard InChI is InChI=1S/C23H21NO5/c25-18-10-21-17(7-13(18)4-5-15-3-1-2-6-24-15)22-16-9-20(27)19(26)8-14(16)11-23(22,28)12-29-21/h1-10,15,22,24-28H,11-12H2/b5-4+/t15?,22-,23?/m1/s1. The lowest BCUT2D eigenvalue weighted by Crippen LogP contribution is -2.43. The Kier molecular flexibility index (Phi) is 3.86. The van der Waals surface area contributed by atoms with E-state index < -0.39 is 11.5 Å². The van der Waals surface area contributed by atoms with E-state index in [-0.39, 0.29) is 29.9 Å². The SMILES string of the molecule is Oc1cc2c(cc1O)[C@@H]1c3cc(/C=C/C4C=CC=CN4)c(O)cc3OCC1(O)C2. The average molecular weight is 391 g/mol. The van der Waals surface area contributed by atoms with Gasteiger partial charge in [0.1, 0.15) is 23.7 Å². The van der Waals surface area contributed by atoms with Crippen molar-refractivity contribution in [2.75, 3.05) is 6.61 Å². The van der Waals surface area contributed by atoms with Crippen LogP contribution in [0.15, 0.2) is 54.8 Å². The van der Waals surface area contributed by atoms with Gasteiger partial charge in [0.25, 0.3) is 0 Å². The van der Waals surface area contributed by atoms with Crippen molar-refractivity contribution in [1.29, 1.82) is 0 Å². The van der Waals surface area contributed by atoms with Crippen LogP contribution in [0.25, 0.3) is 6.08 Å². The van der Waals surface area contributed by atoms with E-state index in [1.165, 1.54) is 12.1 Å². The zero-order valence-corrected chi connectivity index (χ0v) is 15.5. The first kappa shape index (κ1) is 17.7. The monoisotopic (exact) mass is 391 g/mol. The number of rotatable bonds is 2. The predicted octanol–water partition coefficient (Wildman–Crippen LogP) is 2.67. The van der Waals surface area contributed by atoms with Gasteiger partial charge in [-0.05, 0) is 41.6 Å². The number of hydrogen-bond donors (Lipinski definition) is 5. The van der Waals surface area contributed by atoms with Crippen LogP contribution in [-0.4, -0.2) is 38.7 Å². The summed E-state index contributed by atoms with van der Waals surface area (Å²) in [5, 5.41) is 44.8. The summed E-state index contributed by atoms with van der Waals surface area (Å²) in [6.45, 7) is 0.0681. The quantitative estimate of drug-likeness (QED) is 0.505. The lowest BCUT2D eigenvalue weighted by Gasteiger charge is -2.36. The van der Waals surface area contributed by atoms with Gasteiger partial charge in [-0.15, -0.1) is 0 Å². The molecule has 148 valence electrons. The highest BCUT2D eigenvalue weighted by atomic mass is 16.5. The molecule has 3 atom stereocenters. The number of hydrogen-bond acceptors (Lipinski definition) is 6. The third-order valence-corrected chi connectivity index (χ3v) is 5.83. The van der Waals surface area contributed by atoms with Crippen molar-refractivity contribution in [2.24, 2.45) is 0 Å². The van der Waals surface area contributed by atoms with Crippen LogP contribution in [-0.2, 0) is 6.42 Å². The number of benzene rings is 2. The van der Waals surface area contributed by atoms with Gasteiger partial charge in [0, 0.05) is 29.5 Å². The Bertz CT molecular complexity index is 1090. The second-order valence-electron chi connectivity index (χ2n) is 7.79. The highest BCUT2D eigenvalue weighted by Gasteiger charge is 2.50. The Labute approximate surface area is 167 Å². The highest BCUT2D eigenvalue weighted by molar-refractivity contribution is 5.66.